The second kappa shape index (κ2) is 7.57. The van der Waals surface area contributed by atoms with Crippen LogP contribution >= 0.6 is 22.9 Å². The highest BCUT2D eigenvalue weighted by Gasteiger charge is 2.21. The van der Waals surface area contributed by atoms with Crippen LogP contribution in [0.1, 0.15) is 39.7 Å². The first-order valence-corrected chi connectivity index (χ1v) is 8.27. The van der Waals surface area contributed by atoms with Crippen LogP contribution in [0.3, 0.4) is 0 Å². The molecule has 0 radical (unpaired) electrons. The number of amides is 1. The summed E-state index contributed by atoms with van der Waals surface area (Å²) < 4.78 is 4.64. The maximum Gasteiger partial charge on any atom is 0.357 e. The molecule has 0 saturated heterocycles. The van der Waals surface area contributed by atoms with Gasteiger partial charge in [0.15, 0.2) is 5.69 Å². The van der Waals surface area contributed by atoms with Crippen LogP contribution in [0, 0.1) is 0 Å². The summed E-state index contributed by atoms with van der Waals surface area (Å²) in [6, 6.07) is 6.76. The zero-order valence-corrected chi connectivity index (χ0v) is 14.6. The third-order valence-corrected chi connectivity index (χ3v) is 4.31. The molecule has 0 aliphatic carbocycles. The van der Waals surface area contributed by atoms with Gasteiger partial charge in [0.1, 0.15) is 5.01 Å². The van der Waals surface area contributed by atoms with Gasteiger partial charge in [-0.25, -0.2) is 9.78 Å². The smallest absolute Gasteiger partial charge is 0.357 e. The molecular formula is C16H17ClN2O3S. The van der Waals surface area contributed by atoms with Gasteiger partial charge in [-0.05, 0) is 38.1 Å². The number of benzene rings is 1. The standard InChI is InChI=1S/C16H17ClN2O3S/c1-10(2)19(15(20)11-4-6-12(17)7-5-11)8-14-18-13(9-23-14)16(21)22-3/h4-7,9-10H,8H2,1-3H3. The molecule has 122 valence electrons. The van der Waals surface area contributed by atoms with Gasteiger partial charge in [0.2, 0.25) is 0 Å². The lowest BCUT2D eigenvalue weighted by molar-refractivity contribution is 0.0594. The van der Waals surface area contributed by atoms with Gasteiger partial charge in [0, 0.05) is 22.0 Å². The van der Waals surface area contributed by atoms with E-state index < -0.39 is 5.97 Å². The highest BCUT2D eigenvalue weighted by molar-refractivity contribution is 7.09. The zero-order chi connectivity index (χ0) is 17.0. The number of hydrogen-bond donors (Lipinski definition) is 0. The maximum atomic E-state index is 12.7. The van der Waals surface area contributed by atoms with Crippen molar-refractivity contribution in [2.45, 2.75) is 26.4 Å². The minimum Gasteiger partial charge on any atom is -0.464 e. The van der Waals surface area contributed by atoms with Gasteiger partial charge in [0.05, 0.1) is 13.7 Å². The number of ether oxygens (including phenoxy) is 1. The Morgan fingerprint density at radius 3 is 2.52 bits per heavy atom. The number of esters is 1. The molecule has 1 amide bonds. The van der Waals surface area contributed by atoms with Crippen molar-refractivity contribution >= 4 is 34.8 Å². The number of carbonyl (C=O) groups excluding carboxylic acids is 2. The third kappa shape index (κ3) is 4.30. The van der Waals surface area contributed by atoms with Crippen LogP contribution in [0.25, 0.3) is 0 Å². The lowest BCUT2D eigenvalue weighted by Crippen LogP contribution is -2.36. The van der Waals surface area contributed by atoms with E-state index in [0.29, 0.717) is 22.1 Å². The number of carbonyl (C=O) groups is 2. The molecular weight excluding hydrogens is 336 g/mol. The van der Waals surface area contributed by atoms with E-state index in [2.05, 4.69) is 9.72 Å². The Hall–Kier alpha value is -1.92. The molecule has 0 aliphatic heterocycles. The quantitative estimate of drug-likeness (QED) is 0.771. The summed E-state index contributed by atoms with van der Waals surface area (Å²) in [6.45, 7) is 4.20. The molecule has 0 fully saturated rings. The molecule has 1 aromatic heterocycles. The van der Waals surface area contributed by atoms with Crippen LogP contribution < -0.4 is 0 Å². The van der Waals surface area contributed by atoms with Crippen LogP contribution in [-0.4, -0.2) is 34.9 Å². The molecule has 0 spiro atoms. The van der Waals surface area contributed by atoms with Gasteiger partial charge in [-0.2, -0.15) is 0 Å². The maximum absolute atomic E-state index is 12.7. The highest BCUT2D eigenvalue weighted by Crippen LogP contribution is 2.18. The number of rotatable bonds is 5. The first-order chi connectivity index (χ1) is 10.9. The molecule has 0 N–H and O–H groups in total. The summed E-state index contributed by atoms with van der Waals surface area (Å²) in [6.07, 6.45) is 0. The van der Waals surface area contributed by atoms with Crippen molar-refractivity contribution in [3.05, 3.63) is 50.9 Å². The van der Waals surface area contributed by atoms with Gasteiger partial charge in [0.25, 0.3) is 5.91 Å². The Kier molecular flexibility index (Phi) is 5.74. The number of nitrogens with zero attached hydrogens (tertiary/aromatic N) is 2. The predicted octanol–water partition coefficient (Wildman–Crippen LogP) is 3.63. The summed E-state index contributed by atoms with van der Waals surface area (Å²) in [4.78, 5) is 30.0. The van der Waals surface area contributed by atoms with E-state index in [9.17, 15) is 9.59 Å². The molecule has 2 aromatic rings. The Morgan fingerprint density at radius 1 is 1.30 bits per heavy atom. The average Bonchev–Trinajstić information content (AvgIpc) is 3.00. The molecule has 2 rings (SSSR count). The number of methoxy groups -OCH3 is 1. The fraction of sp³-hybridized carbons (Fsp3) is 0.312. The molecule has 0 aliphatic rings. The molecule has 1 aromatic carbocycles. The van der Waals surface area contributed by atoms with Gasteiger partial charge in [-0.3, -0.25) is 4.79 Å². The molecule has 5 nitrogen and oxygen atoms in total. The van der Waals surface area contributed by atoms with Crippen LogP contribution in [0.15, 0.2) is 29.6 Å². The van der Waals surface area contributed by atoms with Crippen molar-refractivity contribution in [1.29, 1.82) is 0 Å². The normalized spacial score (nSPS) is 10.7. The number of halogens is 1. The van der Waals surface area contributed by atoms with Crippen LogP contribution in [0.5, 0.6) is 0 Å². The molecule has 0 atom stereocenters. The van der Waals surface area contributed by atoms with Crippen molar-refractivity contribution in [2.24, 2.45) is 0 Å². The fourth-order valence-electron chi connectivity index (χ4n) is 1.97. The van der Waals surface area contributed by atoms with Crippen molar-refractivity contribution in [3.8, 4) is 0 Å². The molecule has 23 heavy (non-hydrogen) atoms. The van der Waals surface area contributed by atoms with E-state index in [1.807, 2.05) is 13.8 Å². The second-order valence-electron chi connectivity index (χ2n) is 5.15. The minimum absolute atomic E-state index is 0.0105. The Balaban J connectivity index is 2.18. The van der Waals surface area contributed by atoms with E-state index in [0.717, 1.165) is 0 Å². The molecule has 0 saturated carbocycles. The van der Waals surface area contributed by atoms with E-state index in [1.54, 1.807) is 34.5 Å². The number of aromatic nitrogens is 1. The average molecular weight is 353 g/mol. The van der Waals surface area contributed by atoms with Gasteiger partial charge in [-0.15, -0.1) is 11.3 Å². The van der Waals surface area contributed by atoms with Crippen LogP contribution in [0.4, 0.5) is 0 Å². The predicted molar refractivity (Wildman–Crippen MR) is 89.9 cm³/mol. The summed E-state index contributed by atoms with van der Waals surface area (Å²) >= 11 is 7.18. The SMILES string of the molecule is COC(=O)c1csc(CN(C(=O)c2ccc(Cl)cc2)C(C)C)n1. The second-order valence-corrected chi connectivity index (χ2v) is 6.53. The van der Waals surface area contributed by atoms with Gasteiger partial charge >= 0.3 is 5.97 Å². The molecule has 0 unspecified atom stereocenters. The Morgan fingerprint density at radius 2 is 1.96 bits per heavy atom. The van der Waals surface area contributed by atoms with Crippen molar-refractivity contribution in [1.82, 2.24) is 9.88 Å². The van der Waals surface area contributed by atoms with Gasteiger partial charge in [-0.1, -0.05) is 11.6 Å². The first-order valence-electron chi connectivity index (χ1n) is 7.01. The summed E-state index contributed by atoms with van der Waals surface area (Å²) in [5, 5.41) is 2.90. The van der Waals surface area contributed by atoms with Crippen LogP contribution in [0.2, 0.25) is 5.02 Å². The summed E-state index contributed by atoms with van der Waals surface area (Å²) in [7, 11) is 1.31. The summed E-state index contributed by atoms with van der Waals surface area (Å²) in [5.41, 5.74) is 0.822. The monoisotopic (exact) mass is 352 g/mol. The third-order valence-electron chi connectivity index (χ3n) is 3.23. The van der Waals surface area contributed by atoms with E-state index in [1.165, 1.54) is 18.4 Å². The summed E-state index contributed by atoms with van der Waals surface area (Å²) in [5.74, 6) is -0.584. The topological polar surface area (TPSA) is 59.5 Å². The van der Waals surface area contributed by atoms with E-state index >= 15 is 0 Å². The van der Waals surface area contributed by atoms with Gasteiger partial charge < -0.3 is 9.64 Å². The Bertz CT molecular complexity index is 698. The first kappa shape index (κ1) is 17.4. The number of thiazole rings is 1. The minimum atomic E-state index is -0.479. The zero-order valence-electron chi connectivity index (χ0n) is 13.1. The van der Waals surface area contributed by atoms with Crippen molar-refractivity contribution in [3.63, 3.8) is 0 Å². The van der Waals surface area contributed by atoms with E-state index in [-0.39, 0.29) is 17.6 Å². The highest BCUT2D eigenvalue weighted by atomic mass is 35.5. The molecule has 1 heterocycles. The van der Waals surface area contributed by atoms with E-state index in [4.69, 9.17) is 11.6 Å². The largest absolute Gasteiger partial charge is 0.464 e. The van der Waals surface area contributed by atoms with Crippen molar-refractivity contribution in [2.75, 3.05) is 7.11 Å². The van der Waals surface area contributed by atoms with Crippen LogP contribution in [-0.2, 0) is 11.3 Å². The molecule has 0 bridgehead atoms. The number of hydrogen-bond acceptors (Lipinski definition) is 5. The Labute approximate surface area is 143 Å². The lowest BCUT2D eigenvalue weighted by atomic mass is 10.1. The lowest BCUT2D eigenvalue weighted by Gasteiger charge is -2.26. The van der Waals surface area contributed by atoms with Crippen molar-refractivity contribution < 1.29 is 14.3 Å². The fourth-order valence-corrected chi connectivity index (χ4v) is 2.86. The molecule has 7 heteroatoms.